The van der Waals surface area contributed by atoms with E-state index >= 15 is 0 Å². The molecule has 1 amide bonds. The Morgan fingerprint density at radius 2 is 2.21 bits per heavy atom. The molecule has 5 nitrogen and oxygen atoms in total. The van der Waals surface area contributed by atoms with Crippen molar-refractivity contribution in [1.82, 2.24) is 5.32 Å². The van der Waals surface area contributed by atoms with E-state index in [0.29, 0.717) is 13.1 Å². The van der Waals surface area contributed by atoms with Crippen LogP contribution in [0.5, 0.6) is 5.75 Å². The van der Waals surface area contributed by atoms with Gasteiger partial charge in [0.05, 0.1) is 24.1 Å². The van der Waals surface area contributed by atoms with Crippen molar-refractivity contribution in [3.63, 3.8) is 0 Å². The summed E-state index contributed by atoms with van der Waals surface area (Å²) in [7, 11) is 3.16. The van der Waals surface area contributed by atoms with Crippen molar-refractivity contribution in [2.24, 2.45) is 5.73 Å². The Kier molecular flexibility index (Phi) is 6.83. The second-order valence-corrected chi connectivity index (χ2v) is 4.90. The summed E-state index contributed by atoms with van der Waals surface area (Å²) in [5, 5.41) is 2.83. The first-order chi connectivity index (χ1) is 9.10. The molecule has 0 saturated carbocycles. The molecular weight excluding hydrogens is 312 g/mol. The number of hydrogen-bond acceptors (Lipinski definition) is 4. The zero-order valence-corrected chi connectivity index (χ0v) is 12.7. The highest BCUT2D eigenvalue weighted by Crippen LogP contribution is 2.25. The van der Waals surface area contributed by atoms with Gasteiger partial charge in [-0.1, -0.05) is 6.07 Å². The van der Waals surface area contributed by atoms with Gasteiger partial charge in [0, 0.05) is 20.2 Å². The van der Waals surface area contributed by atoms with Gasteiger partial charge in [-0.25, -0.2) is 0 Å². The zero-order chi connectivity index (χ0) is 14.3. The van der Waals surface area contributed by atoms with Crippen molar-refractivity contribution in [2.45, 2.75) is 19.1 Å². The number of carbonyl (C=O) groups excluding carboxylic acids is 1. The molecule has 1 aromatic rings. The number of nitrogens with two attached hydrogens (primary N) is 1. The highest BCUT2D eigenvalue weighted by atomic mass is 79.9. The number of hydrogen-bond donors (Lipinski definition) is 2. The van der Waals surface area contributed by atoms with E-state index in [1.54, 1.807) is 14.2 Å². The van der Waals surface area contributed by atoms with E-state index in [1.807, 2.05) is 18.2 Å². The van der Waals surface area contributed by atoms with Crippen LogP contribution in [0, 0.1) is 0 Å². The van der Waals surface area contributed by atoms with E-state index in [1.165, 1.54) is 0 Å². The topological polar surface area (TPSA) is 73.6 Å². The predicted molar refractivity (Wildman–Crippen MR) is 77.0 cm³/mol. The molecule has 0 radical (unpaired) electrons. The summed E-state index contributed by atoms with van der Waals surface area (Å²) in [5.74, 6) is 0.682. The van der Waals surface area contributed by atoms with Crippen LogP contribution in [0.1, 0.15) is 12.0 Å². The molecule has 1 unspecified atom stereocenters. The summed E-state index contributed by atoms with van der Waals surface area (Å²) in [6.07, 6.45) is 0.0345. The molecule has 0 aliphatic carbocycles. The number of ether oxygens (including phenoxy) is 2. The van der Waals surface area contributed by atoms with E-state index in [-0.39, 0.29) is 18.4 Å². The minimum Gasteiger partial charge on any atom is -0.496 e. The minimum absolute atomic E-state index is 0.0794. The zero-order valence-electron chi connectivity index (χ0n) is 11.1. The van der Waals surface area contributed by atoms with Gasteiger partial charge < -0.3 is 20.5 Å². The first kappa shape index (κ1) is 15.9. The second kappa shape index (κ2) is 8.14. The first-order valence-corrected chi connectivity index (χ1v) is 6.72. The van der Waals surface area contributed by atoms with E-state index in [2.05, 4.69) is 21.2 Å². The first-order valence-electron chi connectivity index (χ1n) is 5.92. The molecule has 0 saturated heterocycles. The lowest BCUT2D eigenvalue weighted by molar-refractivity contribution is -0.123. The summed E-state index contributed by atoms with van der Waals surface area (Å²) >= 11 is 3.40. The van der Waals surface area contributed by atoms with Gasteiger partial charge in [0.2, 0.25) is 5.91 Å². The molecule has 0 spiro atoms. The van der Waals surface area contributed by atoms with E-state index in [4.69, 9.17) is 15.2 Å². The molecule has 0 fully saturated rings. The standard InChI is InChI=1S/C13H19BrN2O3/c1-18-10(7-15)6-13(17)16-8-9-3-4-12(19-2)11(14)5-9/h3-5,10H,6-8,15H2,1-2H3,(H,16,17). The highest BCUT2D eigenvalue weighted by Gasteiger charge is 2.11. The maximum atomic E-state index is 11.7. The van der Waals surface area contributed by atoms with Gasteiger partial charge >= 0.3 is 0 Å². The number of amides is 1. The number of methoxy groups -OCH3 is 2. The highest BCUT2D eigenvalue weighted by molar-refractivity contribution is 9.10. The molecule has 3 N–H and O–H groups in total. The lowest BCUT2D eigenvalue weighted by Gasteiger charge is -2.13. The normalized spacial score (nSPS) is 12.0. The quantitative estimate of drug-likeness (QED) is 0.793. The Balaban J connectivity index is 2.48. The summed E-state index contributed by atoms with van der Waals surface area (Å²) in [5.41, 5.74) is 6.45. The average Bonchev–Trinajstić information content (AvgIpc) is 2.42. The van der Waals surface area contributed by atoms with Crippen molar-refractivity contribution < 1.29 is 14.3 Å². The number of carbonyl (C=O) groups is 1. The Labute approximate surface area is 121 Å². The summed E-state index contributed by atoms with van der Waals surface area (Å²) in [6, 6.07) is 5.67. The van der Waals surface area contributed by atoms with Gasteiger partial charge in [-0.2, -0.15) is 0 Å². The number of halogens is 1. The van der Waals surface area contributed by atoms with Crippen molar-refractivity contribution in [3.8, 4) is 5.75 Å². The fraction of sp³-hybridized carbons (Fsp3) is 0.462. The monoisotopic (exact) mass is 330 g/mol. The molecule has 0 heterocycles. The Morgan fingerprint density at radius 1 is 1.47 bits per heavy atom. The van der Waals surface area contributed by atoms with Gasteiger partial charge in [-0.05, 0) is 33.6 Å². The maximum absolute atomic E-state index is 11.7. The minimum atomic E-state index is -0.234. The SMILES string of the molecule is COc1ccc(CNC(=O)CC(CN)OC)cc1Br. The molecule has 1 aromatic carbocycles. The molecule has 6 heteroatoms. The second-order valence-electron chi connectivity index (χ2n) is 4.04. The molecule has 106 valence electrons. The molecule has 0 aromatic heterocycles. The number of benzene rings is 1. The van der Waals surface area contributed by atoms with Crippen LogP contribution in [0.2, 0.25) is 0 Å². The maximum Gasteiger partial charge on any atom is 0.222 e. The van der Waals surface area contributed by atoms with E-state index in [9.17, 15) is 4.79 Å². The third-order valence-electron chi connectivity index (χ3n) is 2.72. The van der Waals surface area contributed by atoms with Crippen LogP contribution in [0.15, 0.2) is 22.7 Å². The van der Waals surface area contributed by atoms with Crippen molar-refractivity contribution in [2.75, 3.05) is 20.8 Å². The fourth-order valence-electron chi connectivity index (χ4n) is 1.56. The van der Waals surface area contributed by atoms with Gasteiger partial charge in [0.15, 0.2) is 0 Å². The van der Waals surface area contributed by atoms with Crippen molar-refractivity contribution in [3.05, 3.63) is 28.2 Å². The van der Waals surface area contributed by atoms with Crippen molar-refractivity contribution >= 4 is 21.8 Å². The summed E-state index contributed by atoms with van der Waals surface area (Å²) in [6.45, 7) is 0.792. The third-order valence-corrected chi connectivity index (χ3v) is 3.33. The van der Waals surface area contributed by atoms with Gasteiger partial charge in [-0.15, -0.1) is 0 Å². The molecule has 0 bridgehead atoms. The molecular formula is C13H19BrN2O3. The van der Waals surface area contributed by atoms with Crippen molar-refractivity contribution in [1.29, 1.82) is 0 Å². The van der Waals surface area contributed by atoms with Crippen LogP contribution < -0.4 is 15.8 Å². The lowest BCUT2D eigenvalue weighted by Crippen LogP contribution is -2.31. The van der Waals surface area contributed by atoms with Gasteiger partial charge in [-0.3, -0.25) is 4.79 Å². The predicted octanol–water partition coefficient (Wildman–Crippen LogP) is 1.44. The Bertz CT molecular complexity index is 422. The van der Waals surface area contributed by atoms with E-state index < -0.39 is 0 Å². The third kappa shape index (κ3) is 5.18. The molecule has 1 atom stereocenters. The Hall–Kier alpha value is -1.11. The van der Waals surface area contributed by atoms with Crippen LogP contribution in [0.25, 0.3) is 0 Å². The van der Waals surface area contributed by atoms with Crippen LogP contribution in [0.4, 0.5) is 0 Å². The number of rotatable bonds is 7. The van der Waals surface area contributed by atoms with E-state index in [0.717, 1.165) is 15.8 Å². The lowest BCUT2D eigenvalue weighted by atomic mass is 10.2. The van der Waals surface area contributed by atoms with Crippen LogP contribution in [-0.2, 0) is 16.1 Å². The summed E-state index contributed by atoms with van der Waals surface area (Å²) < 4.78 is 11.1. The van der Waals surface area contributed by atoms with Crippen LogP contribution >= 0.6 is 15.9 Å². The van der Waals surface area contributed by atoms with Gasteiger partial charge in [0.1, 0.15) is 5.75 Å². The average molecular weight is 331 g/mol. The van der Waals surface area contributed by atoms with Gasteiger partial charge in [0.25, 0.3) is 0 Å². The van der Waals surface area contributed by atoms with Crippen LogP contribution in [0.3, 0.4) is 0 Å². The molecule has 0 aliphatic heterocycles. The number of nitrogens with one attached hydrogen (secondary N) is 1. The smallest absolute Gasteiger partial charge is 0.222 e. The summed E-state index contributed by atoms with van der Waals surface area (Å²) in [4.78, 5) is 11.7. The molecule has 19 heavy (non-hydrogen) atoms. The molecule has 1 rings (SSSR count). The van der Waals surface area contributed by atoms with Crippen LogP contribution in [-0.4, -0.2) is 32.8 Å². The Morgan fingerprint density at radius 3 is 2.74 bits per heavy atom. The largest absolute Gasteiger partial charge is 0.496 e. The fourth-order valence-corrected chi connectivity index (χ4v) is 2.15. The molecule has 0 aliphatic rings.